The van der Waals surface area contributed by atoms with Crippen LogP contribution in [0.1, 0.15) is 45.7 Å². The van der Waals surface area contributed by atoms with Gasteiger partial charge in [0.1, 0.15) is 59.8 Å². The van der Waals surface area contributed by atoms with Gasteiger partial charge >= 0.3 is 74.1 Å². The summed E-state index contributed by atoms with van der Waals surface area (Å²) in [6.45, 7) is 34.1. The minimum Gasteiger partial charge on any atom is -0.415 e. The number of nitrogens with one attached hydrogen (secondary N) is 4. The highest BCUT2D eigenvalue weighted by atomic mass is 79.9. The van der Waals surface area contributed by atoms with Crippen molar-refractivity contribution < 1.29 is 83.1 Å². The Morgan fingerprint density at radius 2 is 0.735 bits per heavy atom. The average Bonchev–Trinajstić information content (AvgIpc) is 1.60. The minimum absolute atomic E-state index is 0. The highest BCUT2D eigenvalue weighted by Crippen LogP contribution is 2.51. The summed E-state index contributed by atoms with van der Waals surface area (Å²) in [4.78, 5) is 113. The number of Topliss-reactive ketones (excluding diaryl/α,β-unsaturated/α-hetero) is 1. The predicted octanol–water partition coefficient (Wildman–Crippen LogP) is 3.54. The number of aliphatic hydroxyl groups excluding tert-OH is 4. The lowest BCUT2D eigenvalue weighted by Crippen LogP contribution is -2.52. The Labute approximate surface area is 670 Å². The molecule has 7 aromatic rings. The lowest BCUT2D eigenvalue weighted by atomic mass is 10.1. The van der Waals surface area contributed by atoms with Crippen LogP contribution in [0.15, 0.2) is 191 Å². The Bertz CT molecular complexity index is 4580. The van der Waals surface area contributed by atoms with Gasteiger partial charge < -0.3 is 78.3 Å². The Morgan fingerprint density at radius 1 is 0.416 bits per heavy atom. The van der Waals surface area contributed by atoms with Crippen molar-refractivity contribution in [2.75, 3.05) is 34.6 Å². The zero-order valence-corrected chi connectivity index (χ0v) is 75.3. The summed E-state index contributed by atoms with van der Waals surface area (Å²) >= 11 is 0. The summed E-state index contributed by atoms with van der Waals surface area (Å²) in [6.07, 6.45) is -6.76. The van der Waals surface area contributed by atoms with Crippen LogP contribution in [0.4, 0.5) is 0 Å². The molecule has 0 saturated carbocycles. The largest absolute Gasteiger partial charge is 0.415 e. The number of ether oxygens (including phenoxy) is 4. The standard InChI is InChI=1S/C19H18P.C15H26N2O6Si2.C14H26N2O7Si2.C14H24N2O7Si2.C9H12N2O6.BrH/c1-20(17-11-5-2-6-12-17,18-13-7-3-8-14-18)19-15-9-4-10-16-19;1-10-13(22-25(6,7)23-24(4,5)20-3)11(2)21-14(10)17-9-8-12(18)16-15(17)19;2*1-9-12(22-25(5,6)23-24(3,4)20-2)11(18)13(21-9)16-8-7-10(17)15-14(16)19;12-3-4-6(14)7(15)8(17-4)11-2-1-5(13)10-9(11)16;/h2-16H,1H3;8-9,11,13-14H,1H2,2-7H3,(H,16,18,19);7-9,11-13,18H,1-6H3,(H,15,17,19);7-9,12-13H,1-6H3,(H,15,17,19);1-2,4,6-8,12,14-15H,3H2,(H,10,13,16);1H/q+1;;;;;/t;11-,13+,14?;9-,11-,12-,13?;9-,12-,13?;4-,6-,7-,8?;/m.1111./s1. The molecule has 34 nitrogen and oxygen atoms in total. The number of aromatic amines is 4. The van der Waals surface area contributed by atoms with Gasteiger partial charge in [-0.1, -0.05) is 61.2 Å². The van der Waals surface area contributed by atoms with Gasteiger partial charge in [0.25, 0.3) is 22.2 Å². The molecule has 0 radical (unpaired) electrons. The Hall–Kier alpha value is -6.68. The van der Waals surface area contributed by atoms with Crippen molar-refractivity contribution in [2.45, 2.75) is 185 Å². The molecule has 0 bridgehead atoms. The van der Waals surface area contributed by atoms with Gasteiger partial charge in [-0.2, -0.15) is 0 Å². The molecule has 622 valence electrons. The normalized spacial score (nSPS) is 24.0. The molecule has 4 aromatic heterocycles. The number of H-pyrrole nitrogens is 4. The molecule has 4 saturated heterocycles. The highest BCUT2D eigenvalue weighted by molar-refractivity contribution is 8.93. The maximum atomic E-state index is 12.7. The maximum Gasteiger partial charge on any atom is 0.330 e. The first kappa shape index (κ1) is 95.2. The fourth-order valence-corrected chi connectivity index (χ4v) is 34.5. The van der Waals surface area contributed by atoms with Crippen molar-refractivity contribution in [3.8, 4) is 0 Å². The smallest absolute Gasteiger partial charge is 0.330 e. The van der Waals surface area contributed by atoms with E-state index in [1.165, 1.54) is 51.2 Å². The van der Waals surface area contributed by atoms with Crippen molar-refractivity contribution >= 4 is 97.3 Å². The number of benzene rings is 3. The third kappa shape index (κ3) is 25.2. The minimum atomic E-state index is -2.67. The van der Waals surface area contributed by atoms with Gasteiger partial charge in [-0.15, -0.1) is 17.0 Å². The molecular weight excluding hydrogens is 1660 g/mol. The van der Waals surface area contributed by atoms with Crippen molar-refractivity contribution in [1.29, 1.82) is 0 Å². The Kier molecular flexibility index (Phi) is 33.7. The van der Waals surface area contributed by atoms with E-state index >= 15 is 0 Å². The lowest BCUT2D eigenvalue weighted by molar-refractivity contribution is -0.130. The van der Waals surface area contributed by atoms with Crippen LogP contribution >= 0.6 is 24.2 Å². The van der Waals surface area contributed by atoms with Crippen LogP contribution in [0.25, 0.3) is 0 Å². The van der Waals surface area contributed by atoms with E-state index in [2.05, 4.69) is 119 Å². The summed E-state index contributed by atoms with van der Waals surface area (Å²) in [5.41, 5.74) is -4.13. The van der Waals surface area contributed by atoms with Crippen LogP contribution in [0.3, 0.4) is 0 Å². The molecule has 8 N–H and O–H groups in total. The molecule has 8 heterocycles. The molecule has 11 rings (SSSR count). The van der Waals surface area contributed by atoms with E-state index in [0.29, 0.717) is 5.57 Å². The van der Waals surface area contributed by atoms with E-state index < -0.39 is 190 Å². The zero-order chi connectivity index (χ0) is 83.4. The first-order chi connectivity index (χ1) is 52.2. The van der Waals surface area contributed by atoms with E-state index in [1.54, 1.807) is 35.2 Å². The average molecular weight is 1770 g/mol. The highest BCUT2D eigenvalue weighted by Gasteiger charge is 2.51. The van der Waals surface area contributed by atoms with Crippen molar-refractivity contribution in [3.05, 3.63) is 236 Å². The van der Waals surface area contributed by atoms with E-state index in [0.717, 1.165) is 32.0 Å². The monoisotopic (exact) mass is 1770 g/mol. The fourth-order valence-electron chi connectivity index (χ4n) is 12.6. The van der Waals surface area contributed by atoms with Gasteiger partial charge in [0, 0.05) is 76.0 Å². The number of aliphatic hydroxyl groups is 4. The fraction of sp³-hybridized carbons (Fsp3) is 0.479. The van der Waals surface area contributed by atoms with Crippen LogP contribution in [0, 0.1) is 0 Å². The topological polar surface area (TPSA) is 437 Å². The van der Waals surface area contributed by atoms with Crippen LogP contribution < -0.4 is 60.9 Å². The predicted molar refractivity (Wildman–Crippen MR) is 442 cm³/mol. The molecule has 14 atom stereocenters. The number of hydrogen-bond donors (Lipinski definition) is 8. The van der Waals surface area contributed by atoms with Crippen LogP contribution in [0.5, 0.6) is 0 Å². The van der Waals surface area contributed by atoms with Crippen molar-refractivity contribution in [2.24, 2.45) is 0 Å². The zero-order valence-electron chi connectivity index (χ0n) is 66.7. The molecule has 42 heteroatoms. The van der Waals surface area contributed by atoms with E-state index in [1.807, 2.05) is 90.5 Å². The summed E-state index contributed by atoms with van der Waals surface area (Å²) in [7, 11) is -11.4. The van der Waals surface area contributed by atoms with E-state index in [9.17, 15) is 58.5 Å². The van der Waals surface area contributed by atoms with E-state index in [4.69, 9.17) is 63.0 Å². The molecule has 0 aliphatic carbocycles. The van der Waals surface area contributed by atoms with Gasteiger partial charge in [-0.3, -0.25) is 62.2 Å². The summed E-state index contributed by atoms with van der Waals surface area (Å²) in [6, 6.07) is 37.4. The third-order valence-electron chi connectivity index (χ3n) is 18.2. The summed E-state index contributed by atoms with van der Waals surface area (Å²) < 4.78 is 79.5. The van der Waals surface area contributed by atoms with Crippen LogP contribution in [0.2, 0.25) is 78.6 Å². The molecule has 113 heavy (non-hydrogen) atoms. The summed E-state index contributed by atoms with van der Waals surface area (Å²) in [5.74, 6) is -0.386. The number of aromatic nitrogens is 8. The molecule has 3 aromatic carbocycles. The van der Waals surface area contributed by atoms with Crippen LogP contribution in [-0.4, -0.2) is 211 Å². The second kappa shape index (κ2) is 40.0. The van der Waals surface area contributed by atoms with Gasteiger partial charge in [0.2, 0.25) is 5.78 Å². The lowest BCUT2D eigenvalue weighted by Gasteiger charge is -2.35. The first-order valence-corrected chi connectivity index (χ1v) is 54.9. The maximum absolute atomic E-state index is 12.7. The second-order valence-corrected chi connectivity index (χ2v) is 54.1. The molecule has 0 amide bonds. The third-order valence-corrected chi connectivity index (χ3v) is 39.4. The number of carbonyl (C=O) groups is 1. The molecule has 4 fully saturated rings. The van der Waals surface area contributed by atoms with Crippen molar-refractivity contribution in [1.82, 2.24) is 38.2 Å². The first-order valence-electron chi connectivity index (χ1n) is 35.8. The molecule has 0 spiro atoms. The number of ketones is 1. The number of halogens is 1. The van der Waals surface area contributed by atoms with E-state index in [-0.39, 0.29) is 28.9 Å². The molecule has 4 aliphatic rings. The second-order valence-electron chi connectivity index (χ2n) is 29.4. The number of nitrogens with zero attached hydrogens (tertiary/aromatic N) is 4. The number of hydrogen-bond acceptors (Lipinski definition) is 26. The Balaban J connectivity index is 0.000000221. The van der Waals surface area contributed by atoms with Gasteiger partial charge in [0.15, 0.2) is 24.9 Å². The van der Waals surface area contributed by atoms with Gasteiger partial charge in [-0.25, -0.2) is 19.2 Å². The molecular formula is C71H107BrN8O26PSi6+. The van der Waals surface area contributed by atoms with Gasteiger partial charge in [-0.05, 0) is 136 Å². The number of carbonyl (C=O) groups excluding carboxylic acids is 1. The summed E-state index contributed by atoms with van der Waals surface area (Å²) in [5, 5.41) is 43.0. The van der Waals surface area contributed by atoms with Crippen LogP contribution in [-0.2, 0) is 62.6 Å². The molecule has 4 aliphatic heterocycles. The SMILES string of the molecule is Br.C=C1C(n2ccc(=O)[nH]c2=O)O[C@H](C)[C@H]1O[Si](C)(C)O[Si](C)(C)OC.CO[Si](C)(C)O[Si](C)(C)O[C@@H]1[C@@H](C)OC(n2ccc(=O)[nH]c2=O)[C@@H]1O.CO[Si](C)(C)O[Si](C)(C)O[C@H]1C(=O)C(n2ccc(=O)[nH]c2=O)O[C@@H]1C.C[P+](c1ccccc1)(c1ccccc1)c1ccccc1.O=c1ccn(C2O[C@H](CO)[C@@H](O)[C@H]2O)c(=O)[nH]1. The molecule has 4 unspecified atom stereocenters. The van der Waals surface area contributed by atoms with Crippen molar-refractivity contribution in [3.63, 3.8) is 0 Å². The quantitative estimate of drug-likeness (QED) is 0.0258. The Morgan fingerprint density at radius 3 is 1.08 bits per heavy atom. The number of rotatable bonds is 23. The van der Waals surface area contributed by atoms with Gasteiger partial charge in [0.05, 0.1) is 37.7 Å².